The number of hydrogen-bond acceptors (Lipinski definition) is 2. The third-order valence-electron chi connectivity index (χ3n) is 4.43. The lowest BCUT2D eigenvalue weighted by atomic mass is 10.0. The molecule has 5 heteroatoms. The van der Waals surface area contributed by atoms with Crippen molar-refractivity contribution in [2.75, 3.05) is 12.0 Å². The van der Waals surface area contributed by atoms with Crippen molar-refractivity contribution in [2.45, 2.75) is 20.0 Å². The summed E-state index contributed by atoms with van der Waals surface area (Å²) in [5.41, 5.74) is 3.35. The Morgan fingerprint density at radius 2 is 1.37 bits per heavy atom. The predicted molar refractivity (Wildman–Crippen MR) is 102 cm³/mol. The molecule has 2 nitrogen and oxygen atoms in total. The van der Waals surface area contributed by atoms with Crippen LogP contribution in [0, 0.1) is 13.8 Å². The van der Waals surface area contributed by atoms with Crippen molar-refractivity contribution in [2.24, 2.45) is 0 Å². The Labute approximate surface area is 156 Å². The zero-order valence-corrected chi connectivity index (χ0v) is 15.3. The van der Waals surface area contributed by atoms with Gasteiger partial charge in [-0.05, 0) is 67.4 Å². The van der Waals surface area contributed by atoms with Crippen molar-refractivity contribution >= 4 is 17.1 Å². The van der Waals surface area contributed by atoms with Gasteiger partial charge in [-0.2, -0.15) is 13.2 Å². The summed E-state index contributed by atoms with van der Waals surface area (Å²) in [7, 11) is 1.57. The number of hydrogen-bond donors (Lipinski definition) is 0. The molecule has 0 saturated carbocycles. The van der Waals surface area contributed by atoms with Gasteiger partial charge < -0.3 is 9.64 Å². The van der Waals surface area contributed by atoms with Crippen LogP contribution in [0.15, 0.2) is 66.7 Å². The second kappa shape index (κ2) is 7.35. The lowest BCUT2D eigenvalue weighted by molar-refractivity contribution is -0.137. The number of methoxy groups -OCH3 is 1. The smallest absolute Gasteiger partial charge is 0.416 e. The summed E-state index contributed by atoms with van der Waals surface area (Å²) in [5.74, 6) is 0.684. The van der Waals surface area contributed by atoms with Crippen LogP contribution in [0.4, 0.5) is 30.2 Å². The Bertz CT molecular complexity index is 913. The van der Waals surface area contributed by atoms with E-state index in [1.807, 2.05) is 49.1 Å². The monoisotopic (exact) mass is 371 g/mol. The minimum Gasteiger partial charge on any atom is -0.497 e. The Morgan fingerprint density at radius 1 is 0.778 bits per heavy atom. The molecule has 0 bridgehead atoms. The summed E-state index contributed by atoms with van der Waals surface area (Å²) in [6.07, 6.45) is -4.40. The summed E-state index contributed by atoms with van der Waals surface area (Å²) in [6, 6.07) is 18.5. The van der Waals surface area contributed by atoms with Crippen LogP contribution in [0.25, 0.3) is 0 Å². The number of ether oxygens (including phenoxy) is 1. The van der Waals surface area contributed by atoms with Gasteiger partial charge in [0.2, 0.25) is 0 Å². The van der Waals surface area contributed by atoms with Gasteiger partial charge in [-0.1, -0.05) is 24.3 Å². The number of rotatable bonds is 4. The first-order chi connectivity index (χ1) is 12.8. The fourth-order valence-corrected chi connectivity index (χ4v) is 3.12. The fourth-order valence-electron chi connectivity index (χ4n) is 3.12. The van der Waals surface area contributed by atoms with E-state index in [4.69, 9.17) is 4.74 Å². The average molecular weight is 371 g/mol. The zero-order chi connectivity index (χ0) is 19.6. The molecule has 27 heavy (non-hydrogen) atoms. The second-order valence-corrected chi connectivity index (χ2v) is 6.32. The summed E-state index contributed by atoms with van der Waals surface area (Å²) in [6.45, 7) is 3.90. The normalized spacial score (nSPS) is 11.3. The van der Waals surface area contributed by atoms with E-state index >= 15 is 0 Å². The van der Waals surface area contributed by atoms with Gasteiger partial charge >= 0.3 is 6.18 Å². The molecule has 3 aromatic carbocycles. The number of halogens is 3. The maximum Gasteiger partial charge on any atom is 0.416 e. The maximum absolute atomic E-state index is 13.3. The highest BCUT2D eigenvalue weighted by Crippen LogP contribution is 2.41. The molecule has 0 radical (unpaired) electrons. The van der Waals surface area contributed by atoms with Gasteiger partial charge in [0.15, 0.2) is 0 Å². The minimum atomic E-state index is -4.40. The Balaban J connectivity index is 2.22. The highest BCUT2D eigenvalue weighted by atomic mass is 19.4. The quantitative estimate of drug-likeness (QED) is 0.500. The predicted octanol–water partition coefficient (Wildman–Crippen LogP) is 6.80. The molecule has 0 aromatic heterocycles. The van der Waals surface area contributed by atoms with Gasteiger partial charge in [0.25, 0.3) is 0 Å². The number of aryl methyl sites for hydroxylation is 2. The molecule has 0 saturated heterocycles. The van der Waals surface area contributed by atoms with Crippen LogP contribution in [-0.4, -0.2) is 7.11 Å². The highest BCUT2D eigenvalue weighted by Gasteiger charge is 2.31. The van der Waals surface area contributed by atoms with E-state index in [1.54, 1.807) is 25.3 Å². The summed E-state index contributed by atoms with van der Waals surface area (Å²) in [4.78, 5) is 1.85. The lowest BCUT2D eigenvalue weighted by Gasteiger charge is -2.29. The van der Waals surface area contributed by atoms with Crippen LogP contribution in [0.5, 0.6) is 5.75 Å². The Morgan fingerprint density at radius 3 is 1.93 bits per heavy atom. The topological polar surface area (TPSA) is 12.5 Å². The molecule has 3 aromatic rings. The second-order valence-electron chi connectivity index (χ2n) is 6.32. The van der Waals surface area contributed by atoms with Gasteiger partial charge in [-0.15, -0.1) is 0 Å². The maximum atomic E-state index is 13.3. The molecule has 0 spiro atoms. The molecule has 0 amide bonds. The van der Waals surface area contributed by atoms with Crippen LogP contribution in [0.1, 0.15) is 16.7 Å². The fraction of sp³-hybridized carbons (Fsp3) is 0.182. The molecule has 0 aliphatic carbocycles. The summed E-state index contributed by atoms with van der Waals surface area (Å²) >= 11 is 0. The van der Waals surface area contributed by atoms with E-state index in [-0.39, 0.29) is 0 Å². The van der Waals surface area contributed by atoms with Crippen molar-refractivity contribution < 1.29 is 17.9 Å². The standard InChI is InChI=1S/C22H20F3NO/c1-15-6-4-7-16(2)21(15)26(18-10-12-20(27-3)13-11-18)19-9-5-8-17(14-19)22(23,24)25/h4-14H,1-3H3. The molecule has 0 atom stereocenters. The average Bonchev–Trinajstić information content (AvgIpc) is 2.64. The van der Waals surface area contributed by atoms with Gasteiger partial charge in [0, 0.05) is 11.4 Å². The number of alkyl halides is 3. The molecule has 0 aliphatic rings. The van der Waals surface area contributed by atoms with Crippen LogP contribution >= 0.6 is 0 Å². The van der Waals surface area contributed by atoms with Crippen molar-refractivity contribution in [3.05, 3.63) is 83.4 Å². The number of anilines is 3. The number of nitrogens with zero attached hydrogens (tertiary/aromatic N) is 1. The van der Waals surface area contributed by atoms with Crippen LogP contribution in [0.2, 0.25) is 0 Å². The summed E-state index contributed by atoms with van der Waals surface area (Å²) < 4.78 is 45.0. The number of para-hydroxylation sites is 1. The molecular weight excluding hydrogens is 351 g/mol. The van der Waals surface area contributed by atoms with Gasteiger partial charge in [-0.25, -0.2) is 0 Å². The van der Waals surface area contributed by atoms with E-state index in [2.05, 4.69) is 0 Å². The van der Waals surface area contributed by atoms with Crippen LogP contribution < -0.4 is 9.64 Å². The lowest BCUT2D eigenvalue weighted by Crippen LogP contribution is -2.14. The zero-order valence-electron chi connectivity index (χ0n) is 15.3. The Kier molecular flexibility index (Phi) is 5.13. The van der Waals surface area contributed by atoms with Crippen molar-refractivity contribution in [1.82, 2.24) is 0 Å². The largest absolute Gasteiger partial charge is 0.497 e. The van der Waals surface area contributed by atoms with Crippen molar-refractivity contribution in [1.29, 1.82) is 0 Å². The molecule has 3 rings (SSSR count). The van der Waals surface area contributed by atoms with Gasteiger partial charge in [0.05, 0.1) is 18.4 Å². The highest BCUT2D eigenvalue weighted by molar-refractivity contribution is 5.80. The van der Waals surface area contributed by atoms with E-state index in [9.17, 15) is 13.2 Å². The minimum absolute atomic E-state index is 0.451. The first-order valence-electron chi connectivity index (χ1n) is 8.49. The summed E-state index contributed by atoms with van der Waals surface area (Å²) in [5, 5.41) is 0. The van der Waals surface area contributed by atoms with E-state index in [0.717, 1.165) is 28.6 Å². The van der Waals surface area contributed by atoms with E-state index in [1.165, 1.54) is 12.1 Å². The first-order valence-corrected chi connectivity index (χ1v) is 8.49. The van der Waals surface area contributed by atoms with Crippen LogP contribution in [0.3, 0.4) is 0 Å². The molecule has 0 N–H and O–H groups in total. The molecule has 0 aliphatic heterocycles. The van der Waals surface area contributed by atoms with Crippen LogP contribution in [-0.2, 0) is 6.18 Å². The molecular formula is C22H20F3NO. The molecule has 0 unspecified atom stereocenters. The first kappa shape index (κ1) is 18.8. The molecule has 0 fully saturated rings. The van der Waals surface area contributed by atoms with Gasteiger partial charge in [0.1, 0.15) is 5.75 Å². The third-order valence-corrected chi connectivity index (χ3v) is 4.43. The van der Waals surface area contributed by atoms with Crippen molar-refractivity contribution in [3.8, 4) is 5.75 Å². The number of benzene rings is 3. The molecule has 140 valence electrons. The van der Waals surface area contributed by atoms with E-state index in [0.29, 0.717) is 11.4 Å². The van der Waals surface area contributed by atoms with Crippen molar-refractivity contribution in [3.63, 3.8) is 0 Å². The van der Waals surface area contributed by atoms with Gasteiger partial charge in [-0.3, -0.25) is 0 Å². The SMILES string of the molecule is COc1ccc(N(c2cccc(C(F)(F)F)c2)c2c(C)cccc2C)cc1. The third kappa shape index (κ3) is 3.92. The van der Waals surface area contributed by atoms with E-state index < -0.39 is 11.7 Å². The molecule has 0 heterocycles. The Hall–Kier alpha value is -2.95.